The highest BCUT2D eigenvalue weighted by Gasteiger charge is 2.41. The number of carbonyl (C=O) groups excluding carboxylic acids is 2. The number of halogens is 1. The summed E-state index contributed by atoms with van der Waals surface area (Å²) in [7, 11) is 1.75. The molecule has 3 aliphatic rings. The van der Waals surface area contributed by atoms with Gasteiger partial charge >= 0.3 is 0 Å². The van der Waals surface area contributed by atoms with Gasteiger partial charge in [0, 0.05) is 12.3 Å². The number of likely N-dealkylation sites (tertiary alicyclic amines) is 1. The molecular formula is C26H35FN4O2S. The molecule has 4 rings (SSSR count). The fourth-order valence-electron chi connectivity index (χ4n) is 5.07. The number of aliphatic imine (C=N–C) groups is 1. The van der Waals surface area contributed by atoms with Crippen molar-refractivity contribution in [3.8, 4) is 0 Å². The molecule has 1 aliphatic carbocycles. The summed E-state index contributed by atoms with van der Waals surface area (Å²) in [5, 5.41) is 7.04. The molecule has 1 aromatic carbocycles. The second-order valence-electron chi connectivity index (χ2n) is 9.51. The maximum atomic E-state index is 13.8. The third-order valence-corrected chi connectivity index (χ3v) is 8.26. The van der Waals surface area contributed by atoms with Gasteiger partial charge < -0.3 is 15.5 Å². The van der Waals surface area contributed by atoms with Crippen molar-refractivity contribution in [1.82, 2.24) is 15.5 Å². The second kappa shape index (κ2) is 11.5. The van der Waals surface area contributed by atoms with Crippen LogP contribution in [0.1, 0.15) is 57.4 Å². The minimum Gasteiger partial charge on any atom is -0.343 e. The number of nitrogens with one attached hydrogen (secondary N) is 2. The number of rotatable bonds is 7. The van der Waals surface area contributed by atoms with Gasteiger partial charge in [0.05, 0.1) is 22.8 Å². The normalized spacial score (nSPS) is 24.2. The van der Waals surface area contributed by atoms with E-state index in [1.807, 2.05) is 17.9 Å². The zero-order chi connectivity index (χ0) is 24.1. The predicted octanol–water partition coefficient (Wildman–Crippen LogP) is 3.98. The molecule has 2 N–H and O–H groups in total. The molecule has 0 spiro atoms. The molecule has 3 atom stereocenters. The molecule has 34 heavy (non-hydrogen) atoms. The molecular weight excluding hydrogens is 451 g/mol. The van der Waals surface area contributed by atoms with Crippen LogP contribution in [0, 0.1) is 11.7 Å². The maximum Gasteiger partial charge on any atom is 0.246 e. The van der Waals surface area contributed by atoms with E-state index in [0.717, 1.165) is 60.6 Å². The average molecular weight is 487 g/mol. The Morgan fingerprint density at radius 1 is 1.15 bits per heavy atom. The fraction of sp³-hybridized carbons (Fsp3) is 0.577. The molecule has 0 radical (unpaired) electrons. The lowest BCUT2D eigenvalue weighted by molar-refractivity contribution is -0.138. The van der Waals surface area contributed by atoms with Gasteiger partial charge in [0.1, 0.15) is 11.9 Å². The molecule has 0 unspecified atom stereocenters. The minimum atomic E-state index is -0.481. The van der Waals surface area contributed by atoms with Crippen molar-refractivity contribution in [2.24, 2.45) is 10.9 Å². The van der Waals surface area contributed by atoms with Crippen LogP contribution in [-0.2, 0) is 9.59 Å². The lowest BCUT2D eigenvalue weighted by Crippen LogP contribution is -2.57. The third kappa shape index (κ3) is 5.89. The zero-order valence-electron chi connectivity index (χ0n) is 20.1. The number of benzene rings is 1. The average Bonchev–Trinajstić information content (AvgIpc) is 3.53. The summed E-state index contributed by atoms with van der Waals surface area (Å²) in [6.07, 6.45) is 9.16. The molecule has 2 aliphatic heterocycles. The molecule has 6 nitrogen and oxygen atoms in total. The quantitative estimate of drug-likeness (QED) is 0.612. The molecule has 2 heterocycles. The van der Waals surface area contributed by atoms with Crippen LogP contribution >= 0.6 is 11.8 Å². The second-order valence-corrected chi connectivity index (χ2v) is 10.5. The van der Waals surface area contributed by atoms with Gasteiger partial charge in [-0.25, -0.2) is 9.38 Å². The fourth-order valence-corrected chi connectivity index (χ4v) is 6.14. The number of carbonyl (C=O) groups is 2. The highest BCUT2D eigenvalue weighted by atomic mass is 32.2. The van der Waals surface area contributed by atoms with Gasteiger partial charge in [-0.2, -0.15) is 0 Å². The van der Waals surface area contributed by atoms with E-state index in [4.69, 9.17) is 4.99 Å². The maximum absolute atomic E-state index is 13.8. The van der Waals surface area contributed by atoms with E-state index in [9.17, 15) is 14.0 Å². The van der Waals surface area contributed by atoms with Crippen LogP contribution in [-0.4, -0.2) is 59.2 Å². The molecule has 1 saturated heterocycles. The van der Waals surface area contributed by atoms with Crippen LogP contribution in [0.25, 0.3) is 6.08 Å². The molecule has 8 heteroatoms. The van der Waals surface area contributed by atoms with Crippen molar-refractivity contribution >= 4 is 34.7 Å². The van der Waals surface area contributed by atoms with Gasteiger partial charge in [-0.1, -0.05) is 31.4 Å². The van der Waals surface area contributed by atoms with Crippen LogP contribution in [0.4, 0.5) is 4.39 Å². The Hall–Kier alpha value is -2.19. The Morgan fingerprint density at radius 3 is 2.59 bits per heavy atom. The third-order valence-electron chi connectivity index (χ3n) is 7.16. The van der Waals surface area contributed by atoms with Crippen molar-refractivity contribution in [2.75, 3.05) is 19.3 Å². The first-order chi connectivity index (χ1) is 16.5. The van der Waals surface area contributed by atoms with Gasteiger partial charge in [0.25, 0.3) is 0 Å². The number of likely N-dealkylation sites (N-methyl/N-ethyl adjacent to an activating group) is 1. The van der Waals surface area contributed by atoms with Gasteiger partial charge in [-0.15, -0.1) is 11.8 Å². The lowest BCUT2D eigenvalue weighted by Gasteiger charge is -2.35. The molecule has 1 saturated carbocycles. The topological polar surface area (TPSA) is 73.8 Å². The van der Waals surface area contributed by atoms with E-state index in [0.29, 0.717) is 6.54 Å². The summed E-state index contributed by atoms with van der Waals surface area (Å²) in [6, 6.07) is 5.52. The first kappa shape index (κ1) is 24.9. The van der Waals surface area contributed by atoms with Crippen molar-refractivity contribution in [3.05, 3.63) is 41.3 Å². The van der Waals surface area contributed by atoms with Gasteiger partial charge in [-0.05, 0) is 69.3 Å². The first-order valence-electron chi connectivity index (χ1n) is 12.4. The lowest BCUT2D eigenvalue weighted by atomic mass is 9.83. The van der Waals surface area contributed by atoms with E-state index in [2.05, 4.69) is 10.6 Å². The smallest absolute Gasteiger partial charge is 0.246 e. The standard InChI is InChI=1S/C26H35FN4O2S/c1-17(28-2)24(32)30-23(19-7-4-3-5-8-19)26(33)31-14-6-9-22(31)25-29-21(16-34-25)15-18-10-12-20(27)13-11-18/h10-13,15,17,19,22-23,28H,3-9,14,16H2,1-2H3,(H,30,32)/t17-,22-,23-/m0/s1. The number of thioether (sulfide) groups is 1. The summed E-state index contributed by atoms with van der Waals surface area (Å²) in [5.74, 6) is 0.580. The van der Waals surface area contributed by atoms with Gasteiger partial charge in [-0.3, -0.25) is 9.59 Å². The molecule has 2 amide bonds. The Kier molecular flexibility index (Phi) is 8.42. The zero-order valence-corrected chi connectivity index (χ0v) is 20.9. The van der Waals surface area contributed by atoms with E-state index >= 15 is 0 Å². The monoisotopic (exact) mass is 486 g/mol. The van der Waals surface area contributed by atoms with Crippen LogP contribution in [0.2, 0.25) is 0 Å². The summed E-state index contributed by atoms with van der Waals surface area (Å²) >= 11 is 1.68. The first-order valence-corrected chi connectivity index (χ1v) is 13.4. The Morgan fingerprint density at radius 2 is 1.88 bits per heavy atom. The van der Waals surface area contributed by atoms with Gasteiger partial charge in [0.15, 0.2) is 0 Å². The SMILES string of the molecule is CN[C@@H](C)C(=O)N[C@H](C(=O)N1CCC[C@H]1C1=NC(=Cc2ccc(F)cc2)CS1)C1CCCCC1. The molecule has 0 bridgehead atoms. The Labute approximate surface area is 205 Å². The largest absolute Gasteiger partial charge is 0.343 e. The Bertz CT molecular complexity index is 943. The van der Waals surface area contributed by atoms with E-state index < -0.39 is 6.04 Å². The molecule has 1 aromatic rings. The van der Waals surface area contributed by atoms with E-state index in [1.165, 1.54) is 18.6 Å². The van der Waals surface area contributed by atoms with E-state index in [1.54, 1.807) is 30.9 Å². The van der Waals surface area contributed by atoms with Crippen molar-refractivity contribution in [1.29, 1.82) is 0 Å². The van der Waals surface area contributed by atoms with Crippen LogP contribution in [0.3, 0.4) is 0 Å². The molecule has 184 valence electrons. The van der Waals surface area contributed by atoms with Crippen LogP contribution < -0.4 is 10.6 Å². The van der Waals surface area contributed by atoms with Crippen molar-refractivity contribution in [3.63, 3.8) is 0 Å². The summed E-state index contributed by atoms with van der Waals surface area (Å²) in [4.78, 5) is 33.4. The summed E-state index contributed by atoms with van der Waals surface area (Å²) < 4.78 is 13.2. The minimum absolute atomic E-state index is 0.0327. The van der Waals surface area contributed by atoms with Crippen LogP contribution in [0.5, 0.6) is 0 Å². The van der Waals surface area contributed by atoms with E-state index in [-0.39, 0.29) is 35.6 Å². The number of amides is 2. The highest BCUT2D eigenvalue weighted by molar-refractivity contribution is 8.14. The predicted molar refractivity (Wildman–Crippen MR) is 136 cm³/mol. The van der Waals surface area contributed by atoms with Crippen molar-refractivity contribution in [2.45, 2.75) is 70.0 Å². The Balaban J connectivity index is 1.51. The summed E-state index contributed by atoms with van der Waals surface area (Å²) in [5.41, 5.74) is 1.85. The van der Waals surface area contributed by atoms with Crippen LogP contribution in [0.15, 0.2) is 35.0 Å². The van der Waals surface area contributed by atoms with Crippen molar-refractivity contribution < 1.29 is 14.0 Å². The highest BCUT2D eigenvalue weighted by Crippen LogP contribution is 2.33. The molecule has 0 aromatic heterocycles. The number of hydrogen-bond donors (Lipinski definition) is 2. The summed E-state index contributed by atoms with van der Waals surface area (Å²) in [6.45, 7) is 2.51. The number of hydrogen-bond acceptors (Lipinski definition) is 5. The van der Waals surface area contributed by atoms with Gasteiger partial charge in [0.2, 0.25) is 11.8 Å². The number of nitrogens with zero attached hydrogens (tertiary/aromatic N) is 2. The molecule has 2 fully saturated rings.